The Morgan fingerprint density at radius 1 is 0.971 bits per heavy atom. The molecule has 3 aromatic carbocycles. The Hall–Kier alpha value is -3.29. The predicted octanol–water partition coefficient (Wildman–Crippen LogP) is 5.27. The number of nitrogens with zero attached hydrogens (tertiary/aromatic N) is 1. The third kappa shape index (κ3) is 4.67. The van der Waals surface area contributed by atoms with Crippen LogP contribution in [-0.4, -0.2) is 33.4 Å². The first kappa shape index (κ1) is 23.9. The fourth-order valence-corrected chi connectivity index (χ4v) is 5.93. The maximum atomic E-state index is 13.8. The van der Waals surface area contributed by atoms with Crippen molar-refractivity contribution in [3.05, 3.63) is 88.1 Å². The number of H-pyrrole nitrogens is 1. The van der Waals surface area contributed by atoms with Crippen molar-refractivity contribution in [2.24, 2.45) is 0 Å². The van der Waals surface area contributed by atoms with Crippen LogP contribution in [0.1, 0.15) is 27.2 Å². The highest BCUT2D eigenvalue weighted by Gasteiger charge is 2.30. The van der Waals surface area contributed by atoms with Crippen LogP contribution < -0.4 is 10.2 Å². The molecule has 0 bridgehead atoms. The van der Waals surface area contributed by atoms with Crippen molar-refractivity contribution in [1.82, 2.24) is 10.3 Å². The van der Waals surface area contributed by atoms with E-state index in [1.165, 1.54) is 0 Å². The molecule has 0 aliphatic carbocycles. The summed E-state index contributed by atoms with van der Waals surface area (Å²) in [5.41, 5.74) is 4.10. The van der Waals surface area contributed by atoms with E-state index >= 15 is 0 Å². The average Bonchev–Trinajstić information content (AvgIpc) is 3.16. The highest BCUT2D eigenvalue weighted by Crippen LogP contribution is 2.34. The van der Waals surface area contributed by atoms with Gasteiger partial charge in [-0.2, -0.15) is 0 Å². The first-order chi connectivity index (χ1) is 16.1. The molecule has 34 heavy (non-hydrogen) atoms. The summed E-state index contributed by atoms with van der Waals surface area (Å²) >= 11 is 6.19. The maximum absolute atomic E-state index is 13.8. The molecule has 0 aliphatic heterocycles. The molecule has 0 radical (unpaired) electrons. The van der Waals surface area contributed by atoms with Gasteiger partial charge in [-0.3, -0.25) is 4.79 Å². The molecule has 0 saturated carbocycles. The summed E-state index contributed by atoms with van der Waals surface area (Å²) in [7, 11) is -0.104. The summed E-state index contributed by atoms with van der Waals surface area (Å²) in [5, 5.41) is 3.61. The molecule has 0 saturated heterocycles. The number of aromatic nitrogens is 1. The fourth-order valence-electron chi connectivity index (χ4n) is 3.97. The van der Waals surface area contributed by atoms with Crippen LogP contribution in [0.3, 0.4) is 0 Å². The molecule has 4 rings (SSSR count). The molecule has 6 nitrogen and oxygen atoms in total. The minimum Gasteiger partial charge on any atom is -0.378 e. The summed E-state index contributed by atoms with van der Waals surface area (Å²) in [6, 6.07) is 17.8. The number of aryl methyl sites for hydroxylation is 2. The topological polar surface area (TPSA) is 82.3 Å². The molecule has 0 atom stereocenters. The van der Waals surface area contributed by atoms with Crippen LogP contribution in [0.15, 0.2) is 70.5 Å². The Morgan fingerprint density at radius 2 is 1.62 bits per heavy atom. The van der Waals surface area contributed by atoms with Gasteiger partial charge in [-0.05, 0) is 73.0 Å². The van der Waals surface area contributed by atoms with Crippen LogP contribution >= 0.6 is 11.6 Å². The van der Waals surface area contributed by atoms with Crippen molar-refractivity contribution in [2.45, 2.75) is 30.2 Å². The smallest absolute Gasteiger partial charge is 0.269 e. The Morgan fingerprint density at radius 3 is 2.24 bits per heavy atom. The van der Waals surface area contributed by atoms with Crippen molar-refractivity contribution in [3.8, 4) is 0 Å². The van der Waals surface area contributed by atoms with Gasteiger partial charge in [0.1, 0.15) is 10.6 Å². The number of carbonyl (C=O) groups is 1. The lowest BCUT2D eigenvalue weighted by Crippen LogP contribution is -2.25. The minimum absolute atomic E-state index is 0.0127. The van der Waals surface area contributed by atoms with Crippen molar-refractivity contribution >= 4 is 43.9 Å². The van der Waals surface area contributed by atoms with Gasteiger partial charge in [-0.15, -0.1) is 0 Å². The van der Waals surface area contributed by atoms with E-state index in [0.717, 1.165) is 22.4 Å². The lowest BCUT2D eigenvalue weighted by atomic mass is 10.2. The molecule has 1 amide bonds. The van der Waals surface area contributed by atoms with Gasteiger partial charge in [0, 0.05) is 42.3 Å². The number of halogens is 1. The number of nitrogens with one attached hydrogen (secondary N) is 2. The SMILES string of the molecule is Cc1cc(C)cc(S(=O)(=O)c2c(C(=O)NCc3ccc(N(C)C)cc3)[nH]c3ccc(Cl)cc23)c1. The molecule has 4 aromatic rings. The van der Waals surface area contributed by atoms with Crippen molar-refractivity contribution in [1.29, 1.82) is 0 Å². The lowest BCUT2D eigenvalue weighted by molar-refractivity contribution is 0.0943. The summed E-state index contributed by atoms with van der Waals surface area (Å²) in [4.78, 5) is 18.3. The van der Waals surface area contributed by atoms with Crippen molar-refractivity contribution < 1.29 is 13.2 Å². The summed E-state index contributed by atoms with van der Waals surface area (Å²) < 4.78 is 27.6. The van der Waals surface area contributed by atoms with Crippen LogP contribution in [0.5, 0.6) is 0 Å². The molecule has 8 heteroatoms. The monoisotopic (exact) mass is 495 g/mol. The Balaban J connectivity index is 1.75. The number of fused-ring (bicyclic) bond motifs is 1. The number of hydrogen-bond acceptors (Lipinski definition) is 4. The highest BCUT2D eigenvalue weighted by atomic mass is 35.5. The number of anilines is 1. The number of benzene rings is 3. The number of amides is 1. The van der Waals surface area contributed by atoms with E-state index in [-0.39, 0.29) is 22.0 Å². The van der Waals surface area contributed by atoms with Gasteiger partial charge in [0.15, 0.2) is 0 Å². The van der Waals surface area contributed by atoms with Crippen LogP contribution in [-0.2, 0) is 16.4 Å². The van der Waals surface area contributed by atoms with E-state index in [1.54, 1.807) is 30.3 Å². The van der Waals surface area contributed by atoms with Gasteiger partial charge >= 0.3 is 0 Å². The third-order valence-corrected chi connectivity index (χ3v) is 7.67. The zero-order valence-electron chi connectivity index (χ0n) is 19.4. The molecule has 0 spiro atoms. The Kier molecular flexibility index (Phi) is 6.43. The van der Waals surface area contributed by atoms with Crippen LogP contribution in [0.4, 0.5) is 5.69 Å². The number of carbonyl (C=O) groups excluding carboxylic acids is 1. The average molecular weight is 496 g/mol. The molecule has 1 heterocycles. The molecule has 0 unspecified atom stereocenters. The number of hydrogen-bond donors (Lipinski definition) is 2. The number of rotatable bonds is 6. The molecule has 0 aliphatic rings. The van der Waals surface area contributed by atoms with Gasteiger partial charge in [0.25, 0.3) is 5.91 Å². The second-order valence-electron chi connectivity index (χ2n) is 8.59. The van der Waals surface area contributed by atoms with E-state index in [2.05, 4.69) is 10.3 Å². The zero-order chi connectivity index (χ0) is 24.6. The van der Waals surface area contributed by atoms with Gasteiger partial charge < -0.3 is 15.2 Å². The third-order valence-electron chi connectivity index (χ3n) is 5.62. The molecular weight excluding hydrogens is 470 g/mol. The molecule has 1 aromatic heterocycles. The summed E-state index contributed by atoms with van der Waals surface area (Å²) in [5.74, 6) is -0.507. The quantitative estimate of drug-likeness (QED) is 0.382. The summed E-state index contributed by atoms with van der Waals surface area (Å²) in [6.07, 6.45) is 0. The first-order valence-electron chi connectivity index (χ1n) is 10.8. The maximum Gasteiger partial charge on any atom is 0.269 e. The lowest BCUT2D eigenvalue weighted by Gasteiger charge is -2.13. The number of sulfone groups is 1. The van der Waals surface area contributed by atoms with Gasteiger partial charge in [0.05, 0.1) is 4.90 Å². The van der Waals surface area contributed by atoms with Gasteiger partial charge in [-0.25, -0.2) is 8.42 Å². The van der Waals surface area contributed by atoms with Gasteiger partial charge in [0.2, 0.25) is 9.84 Å². The van der Waals surface area contributed by atoms with E-state index in [9.17, 15) is 13.2 Å². The minimum atomic E-state index is -4.01. The molecule has 2 N–H and O–H groups in total. The van der Waals surface area contributed by atoms with E-state index in [1.807, 2.05) is 63.2 Å². The van der Waals surface area contributed by atoms with E-state index in [0.29, 0.717) is 15.9 Å². The Labute approximate surface area is 204 Å². The highest BCUT2D eigenvalue weighted by molar-refractivity contribution is 7.91. The largest absolute Gasteiger partial charge is 0.378 e. The zero-order valence-corrected chi connectivity index (χ0v) is 21.0. The Bertz CT molecular complexity index is 1470. The molecule has 176 valence electrons. The van der Waals surface area contributed by atoms with Crippen molar-refractivity contribution in [3.63, 3.8) is 0 Å². The summed E-state index contributed by atoms with van der Waals surface area (Å²) in [6.45, 7) is 3.94. The number of aromatic amines is 1. The van der Waals surface area contributed by atoms with Crippen LogP contribution in [0, 0.1) is 13.8 Å². The van der Waals surface area contributed by atoms with Gasteiger partial charge in [-0.1, -0.05) is 29.8 Å². The molecular formula is C26H26ClN3O3S. The first-order valence-corrected chi connectivity index (χ1v) is 12.6. The standard InChI is InChI=1S/C26H26ClN3O3S/c1-16-11-17(2)13-21(12-16)34(32,33)25-22-14-19(27)7-10-23(22)29-24(25)26(31)28-15-18-5-8-20(9-6-18)30(3)4/h5-14,29H,15H2,1-4H3,(H,28,31). The fraction of sp³-hybridized carbons (Fsp3) is 0.192. The second-order valence-corrected chi connectivity index (χ2v) is 10.9. The van der Waals surface area contributed by atoms with Crippen molar-refractivity contribution in [2.75, 3.05) is 19.0 Å². The second kappa shape index (κ2) is 9.16. The van der Waals surface area contributed by atoms with Crippen LogP contribution in [0.25, 0.3) is 10.9 Å². The predicted molar refractivity (Wildman–Crippen MR) is 137 cm³/mol. The van der Waals surface area contributed by atoms with E-state index < -0.39 is 15.7 Å². The van der Waals surface area contributed by atoms with Crippen LogP contribution in [0.2, 0.25) is 5.02 Å². The van der Waals surface area contributed by atoms with E-state index in [4.69, 9.17) is 11.6 Å². The molecule has 0 fully saturated rings. The normalized spacial score (nSPS) is 11.6.